The molecule has 16 heavy (non-hydrogen) atoms. The Morgan fingerprint density at radius 3 is 2.75 bits per heavy atom. The molecule has 0 atom stereocenters. The lowest BCUT2D eigenvalue weighted by Crippen LogP contribution is -1.98. The van der Waals surface area contributed by atoms with Crippen LogP contribution in [0, 0.1) is 0 Å². The normalized spacial score (nSPS) is 11.0. The summed E-state index contributed by atoms with van der Waals surface area (Å²) in [4.78, 5) is 14.3. The van der Waals surface area contributed by atoms with Crippen LogP contribution in [0.1, 0.15) is 10.4 Å². The summed E-state index contributed by atoms with van der Waals surface area (Å²) in [5.74, 6) is -0.898. The van der Waals surface area contributed by atoms with E-state index in [-0.39, 0.29) is 0 Å². The molecule has 1 aliphatic carbocycles. The van der Waals surface area contributed by atoms with Gasteiger partial charge in [-0.3, -0.25) is 0 Å². The maximum absolute atomic E-state index is 11.1. The van der Waals surface area contributed by atoms with Crippen LogP contribution in [0.15, 0.2) is 42.5 Å². The van der Waals surface area contributed by atoms with Crippen molar-refractivity contribution in [2.45, 2.75) is 0 Å². The van der Waals surface area contributed by atoms with Gasteiger partial charge in [-0.25, -0.2) is 4.79 Å². The van der Waals surface area contributed by atoms with Gasteiger partial charge in [-0.15, -0.1) is 0 Å². The fraction of sp³-hybridized carbons (Fsp3) is 0. The van der Waals surface area contributed by atoms with Gasteiger partial charge in [0.2, 0.25) is 0 Å². The van der Waals surface area contributed by atoms with Crippen LogP contribution < -0.4 is 0 Å². The molecule has 0 saturated heterocycles. The fourth-order valence-corrected chi connectivity index (χ4v) is 1.99. The molecule has 1 aromatic rings. The Labute approximate surface area is 91.7 Å². The number of aromatic amines is 1. The van der Waals surface area contributed by atoms with Crippen LogP contribution in [0.5, 0.6) is 0 Å². The third-order valence-electron chi connectivity index (χ3n) is 2.76. The van der Waals surface area contributed by atoms with Crippen molar-refractivity contribution in [3.8, 4) is 11.3 Å². The summed E-state index contributed by atoms with van der Waals surface area (Å²) in [7, 11) is 0. The summed E-state index contributed by atoms with van der Waals surface area (Å²) in [6, 6.07) is 13.0. The van der Waals surface area contributed by atoms with E-state index in [1.54, 1.807) is 12.1 Å². The average molecular weight is 211 g/mol. The average Bonchev–Trinajstić information content (AvgIpc) is 2.71. The molecule has 0 radical (unpaired) electrons. The van der Waals surface area contributed by atoms with Gasteiger partial charge in [0.25, 0.3) is 0 Å². The van der Waals surface area contributed by atoms with Gasteiger partial charge in [0.15, 0.2) is 0 Å². The first kappa shape index (κ1) is 8.97. The number of H-pyrrole nitrogens is 1. The third-order valence-corrected chi connectivity index (χ3v) is 2.76. The molecule has 1 aromatic carbocycles. The summed E-state index contributed by atoms with van der Waals surface area (Å²) in [6.45, 7) is 0. The Balaban J connectivity index is 2.47. The Bertz CT molecular complexity index is 654. The van der Waals surface area contributed by atoms with Gasteiger partial charge in [-0.1, -0.05) is 18.2 Å². The summed E-state index contributed by atoms with van der Waals surface area (Å²) >= 11 is 0. The molecule has 0 spiro atoms. The number of aromatic carboxylic acids is 1. The predicted octanol–water partition coefficient (Wildman–Crippen LogP) is 2.97. The minimum Gasteiger partial charge on any atom is -0.478 e. The zero-order valence-corrected chi connectivity index (χ0v) is 8.40. The van der Waals surface area contributed by atoms with Gasteiger partial charge in [0.1, 0.15) is 0 Å². The molecule has 1 aliphatic heterocycles. The molecule has 78 valence electrons. The molecule has 0 amide bonds. The van der Waals surface area contributed by atoms with E-state index in [4.69, 9.17) is 5.11 Å². The molecule has 0 saturated carbocycles. The monoisotopic (exact) mass is 211 g/mol. The standard InChI is InChI=1S/C13H9NO2/c15-13(16)9-4-2-6-12-10(9)7-8-3-1-5-11(8)14-12/h1-7,14H,(H,15,16). The second-order valence-corrected chi connectivity index (χ2v) is 3.74. The lowest BCUT2D eigenvalue weighted by molar-refractivity contribution is 0.0699. The summed E-state index contributed by atoms with van der Waals surface area (Å²) < 4.78 is 0. The SMILES string of the molecule is O=C(O)c1cccc2[nH]c3cccc-3cc12. The van der Waals surface area contributed by atoms with Gasteiger partial charge in [-0.2, -0.15) is 0 Å². The van der Waals surface area contributed by atoms with Crippen LogP contribution in [0.25, 0.3) is 22.2 Å². The highest BCUT2D eigenvalue weighted by Crippen LogP contribution is 2.27. The van der Waals surface area contributed by atoms with E-state index >= 15 is 0 Å². The Morgan fingerprint density at radius 1 is 1.12 bits per heavy atom. The molecule has 3 heteroatoms. The van der Waals surface area contributed by atoms with E-state index in [1.807, 2.05) is 30.3 Å². The van der Waals surface area contributed by atoms with E-state index in [0.717, 1.165) is 22.2 Å². The molecular weight excluding hydrogens is 202 g/mol. The quantitative estimate of drug-likeness (QED) is 0.650. The van der Waals surface area contributed by atoms with Crippen molar-refractivity contribution in [1.82, 2.24) is 4.98 Å². The number of pyridine rings is 1. The lowest BCUT2D eigenvalue weighted by Gasteiger charge is -2.06. The van der Waals surface area contributed by atoms with Gasteiger partial charge < -0.3 is 10.1 Å². The van der Waals surface area contributed by atoms with E-state index in [0.29, 0.717) is 5.56 Å². The zero-order chi connectivity index (χ0) is 11.1. The fourth-order valence-electron chi connectivity index (χ4n) is 1.99. The first-order valence-corrected chi connectivity index (χ1v) is 4.99. The topological polar surface area (TPSA) is 53.1 Å². The molecule has 1 heterocycles. The minimum atomic E-state index is -0.898. The van der Waals surface area contributed by atoms with Crippen molar-refractivity contribution in [3.63, 3.8) is 0 Å². The molecule has 0 unspecified atom stereocenters. The zero-order valence-electron chi connectivity index (χ0n) is 8.40. The second kappa shape index (κ2) is 3.10. The predicted molar refractivity (Wildman–Crippen MR) is 61.9 cm³/mol. The molecule has 0 aromatic heterocycles. The van der Waals surface area contributed by atoms with Gasteiger partial charge >= 0.3 is 5.97 Å². The number of nitrogens with one attached hydrogen (secondary N) is 1. The van der Waals surface area contributed by atoms with Crippen molar-refractivity contribution in [3.05, 3.63) is 48.0 Å². The van der Waals surface area contributed by atoms with Crippen LogP contribution in [-0.4, -0.2) is 16.1 Å². The Morgan fingerprint density at radius 2 is 1.94 bits per heavy atom. The van der Waals surface area contributed by atoms with Gasteiger partial charge in [-0.05, 0) is 29.8 Å². The van der Waals surface area contributed by atoms with Crippen molar-refractivity contribution >= 4 is 16.9 Å². The number of carbonyl (C=O) groups is 1. The van der Waals surface area contributed by atoms with Crippen LogP contribution in [0.3, 0.4) is 0 Å². The number of fused-ring (bicyclic) bond motifs is 2. The summed E-state index contributed by atoms with van der Waals surface area (Å²) in [5.41, 5.74) is 3.23. The molecule has 2 aliphatic rings. The molecular formula is C13H9NO2. The summed E-state index contributed by atoms with van der Waals surface area (Å²) in [5, 5.41) is 9.84. The highest BCUT2D eigenvalue weighted by molar-refractivity contribution is 6.04. The highest BCUT2D eigenvalue weighted by atomic mass is 16.4. The van der Waals surface area contributed by atoms with E-state index in [1.165, 1.54) is 0 Å². The smallest absolute Gasteiger partial charge is 0.336 e. The maximum Gasteiger partial charge on any atom is 0.336 e. The van der Waals surface area contributed by atoms with Crippen LogP contribution in [-0.2, 0) is 0 Å². The largest absolute Gasteiger partial charge is 0.478 e. The Kier molecular flexibility index (Phi) is 1.74. The molecule has 0 fully saturated rings. The van der Waals surface area contributed by atoms with Crippen LogP contribution in [0.2, 0.25) is 0 Å². The van der Waals surface area contributed by atoms with E-state index < -0.39 is 5.97 Å². The van der Waals surface area contributed by atoms with Crippen molar-refractivity contribution in [2.24, 2.45) is 0 Å². The van der Waals surface area contributed by atoms with Crippen molar-refractivity contribution < 1.29 is 9.90 Å². The number of hydrogen-bond donors (Lipinski definition) is 2. The summed E-state index contributed by atoms with van der Waals surface area (Å²) in [6.07, 6.45) is 0. The molecule has 0 bridgehead atoms. The molecule has 3 nitrogen and oxygen atoms in total. The van der Waals surface area contributed by atoms with Gasteiger partial charge in [0, 0.05) is 16.6 Å². The molecule has 2 N–H and O–H groups in total. The first-order valence-electron chi connectivity index (χ1n) is 4.99. The second-order valence-electron chi connectivity index (χ2n) is 3.74. The number of benzene rings is 1. The first-order chi connectivity index (χ1) is 7.75. The number of aromatic nitrogens is 1. The Hall–Kier alpha value is -2.29. The van der Waals surface area contributed by atoms with Crippen LogP contribution in [0.4, 0.5) is 0 Å². The maximum atomic E-state index is 11.1. The number of hydrogen-bond acceptors (Lipinski definition) is 1. The molecule has 3 rings (SSSR count). The minimum absolute atomic E-state index is 0.330. The highest BCUT2D eigenvalue weighted by Gasteiger charge is 2.11. The van der Waals surface area contributed by atoms with Crippen molar-refractivity contribution in [1.29, 1.82) is 0 Å². The van der Waals surface area contributed by atoms with Gasteiger partial charge in [0.05, 0.1) is 5.56 Å². The third kappa shape index (κ3) is 1.18. The van der Waals surface area contributed by atoms with Crippen molar-refractivity contribution in [2.75, 3.05) is 0 Å². The number of carboxylic acid groups (broad SMARTS) is 1. The number of carboxylic acids is 1. The van der Waals surface area contributed by atoms with E-state index in [9.17, 15) is 4.79 Å². The van der Waals surface area contributed by atoms with Crippen LogP contribution >= 0.6 is 0 Å². The number of rotatable bonds is 1. The van der Waals surface area contributed by atoms with E-state index in [2.05, 4.69) is 4.98 Å². The lowest BCUT2D eigenvalue weighted by atomic mass is 10.1.